The Balaban J connectivity index is 2.13. The van der Waals surface area contributed by atoms with Crippen molar-refractivity contribution in [2.75, 3.05) is 13.2 Å². The van der Waals surface area contributed by atoms with Gasteiger partial charge in [-0.2, -0.15) is 0 Å². The van der Waals surface area contributed by atoms with Gasteiger partial charge in [0.2, 0.25) is 0 Å². The van der Waals surface area contributed by atoms with E-state index in [4.69, 9.17) is 16.3 Å². The van der Waals surface area contributed by atoms with Crippen molar-refractivity contribution in [1.29, 1.82) is 0 Å². The van der Waals surface area contributed by atoms with Crippen molar-refractivity contribution < 1.29 is 14.3 Å². The van der Waals surface area contributed by atoms with Crippen molar-refractivity contribution in [3.63, 3.8) is 0 Å². The summed E-state index contributed by atoms with van der Waals surface area (Å²) in [5.74, 6) is -0.643. The molecule has 1 aromatic heterocycles. The van der Waals surface area contributed by atoms with Crippen LogP contribution in [0, 0.1) is 0 Å². The van der Waals surface area contributed by atoms with Crippen LogP contribution in [0.5, 0.6) is 0 Å². The Kier molecular flexibility index (Phi) is 4.37. The molecule has 0 radical (unpaired) electrons. The molecule has 0 unspecified atom stereocenters. The van der Waals surface area contributed by atoms with Crippen LogP contribution >= 0.6 is 11.6 Å². The number of ether oxygens (including phenoxy) is 1. The van der Waals surface area contributed by atoms with Gasteiger partial charge in [-0.15, -0.1) is 0 Å². The van der Waals surface area contributed by atoms with Crippen LogP contribution in [0.2, 0.25) is 5.02 Å². The second-order valence-electron chi connectivity index (χ2n) is 4.32. The van der Waals surface area contributed by atoms with Gasteiger partial charge in [-0.25, -0.2) is 0 Å². The molecule has 1 saturated carbocycles. The monoisotopic (exact) mass is 282 g/mol. The van der Waals surface area contributed by atoms with Gasteiger partial charge in [0.15, 0.2) is 0 Å². The van der Waals surface area contributed by atoms with Gasteiger partial charge in [0.25, 0.3) is 5.91 Å². The van der Waals surface area contributed by atoms with E-state index in [2.05, 4.69) is 4.98 Å². The lowest BCUT2D eigenvalue weighted by Crippen LogP contribution is -2.38. The van der Waals surface area contributed by atoms with Crippen LogP contribution in [0.3, 0.4) is 0 Å². The second kappa shape index (κ2) is 6.02. The normalized spacial score (nSPS) is 14.0. The molecule has 1 amide bonds. The zero-order valence-corrected chi connectivity index (χ0v) is 11.4. The molecule has 1 aromatic rings. The number of nitrogens with zero attached hydrogens (tertiary/aromatic N) is 2. The number of carbonyl (C=O) groups is 2. The molecule has 1 heterocycles. The minimum Gasteiger partial charge on any atom is -0.465 e. The third kappa shape index (κ3) is 3.44. The van der Waals surface area contributed by atoms with Crippen molar-refractivity contribution in [2.45, 2.75) is 25.8 Å². The van der Waals surface area contributed by atoms with Crippen LogP contribution in [-0.4, -0.2) is 41.0 Å². The Bertz CT molecular complexity index is 489. The fourth-order valence-corrected chi connectivity index (χ4v) is 2.00. The molecule has 0 spiro atoms. The zero-order chi connectivity index (χ0) is 13.8. The molecule has 6 heteroatoms. The lowest BCUT2D eigenvalue weighted by Gasteiger charge is -2.21. The first kappa shape index (κ1) is 13.8. The number of hydrogen-bond acceptors (Lipinski definition) is 4. The minimum atomic E-state index is -0.395. The van der Waals surface area contributed by atoms with Crippen molar-refractivity contribution in [3.05, 3.63) is 29.0 Å². The van der Waals surface area contributed by atoms with E-state index in [1.807, 2.05) is 0 Å². The van der Waals surface area contributed by atoms with E-state index in [-0.39, 0.29) is 18.5 Å². The number of amides is 1. The van der Waals surface area contributed by atoms with Gasteiger partial charge in [-0.1, -0.05) is 11.6 Å². The first-order valence-corrected chi connectivity index (χ1v) is 6.57. The molecule has 0 aromatic carbocycles. The van der Waals surface area contributed by atoms with E-state index in [1.54, 1.807) is 13.0 Å². The third-order valence-electron chi connectivity index (χ3n) is 2.86. The smallest absolute Gasteiger partial charge is 0.325 e. The zero-order valence-electron chi connectivity index (χ0n) is 10.6. The van der Waals surface area contributed by atoms with Gasteiger partial charge < -0.3 is 9.64 Å². The molecule has 0 bridgehead atoms. The first-order chi connectivity index (χ1) is 9.13. The average molecular weight is 283 g/mol. The number of halogens is 1. The second-order valence-corrected chi connectivity index (χ2v) is 4.73. The highest BCUT2D eigenvalue weighted by atomic mass is 35.5. The van der Waals surface area contributed by atoms with Crippen LogP contribution < -0.4 is 0 Å². The molecule has 2 rings (SSSR count). The molecule has 0 aliphatic heterocycles. The Hall–Kier alpha value is -1.62. The summed E-state index contributed by atoms with van der Waals surface area (Å²) >= 11 is 5.96. The van der Waals surface area contributed by atoms with E-state index in [0.717, 1.165) is 12.8 Å². The minimum absolute atomic E-state index is 0.0318. The molecule has 1 aliphatic carbocycles. The highest BCUT2D eigenvalue weighted by molar-refractivity contribution is 6.33. The highest BCUT2D eigenvalue weighted by Gasteiger charge is 2.35. The molecular formula is C13H15ClN2O3. The number of aromatic nitrogens is 1. The average Bonchev–Trinajstić information content (AvgIpc) is 3.20. The molecule has 0 saturated heterocycles. The van der Waals surface area contributed by atoms with E-state index in [0.29, 0.717) is 17.2 Å². The summed E-state index contributed by atoms with van der Waals surface area (Å²) in [6, 6.07) is 1.67. The summed E-state index contributed by atoms with van der Waals surface area (Å²) in [4.78, 5) is 29.3. The van der Waals surface area contributed by atoms with Crippen molar-refractivity contribution >= 4 is 23.5 Å². The maximum Gasteiger partial charge on any atom is 0.325 e. The van der Waals surface area contributed by atoms with Crippen molar-refractivity contribution in [3.8, 4) is 0 Å². The molecule has 1 aliphatic rings. The van der Waals surface area contributed by atoms with E-state index >= 15 is 0 Å². The Morgan fingerprint density at radius 2 is 2.26 bits per heavy atom. The number of rotatable bonds is 5. The van der Waals surface area contributed by atoms with E-state index < -0.39 is 5.97 Å². The Morgan fingerprint density at radius 3 is 2.84 bits per heavy atom. The van der Waals surface area contributed by atoms with Gasteiger partial charge in [-0.05, 0) is 25.8 Å². The lowest BCUT2D eigenvalue weighted by atomic mass is 10.2. The molecule has 19 heavy (non-hydrogen) atoms. The number of esters is 1. The topological polar surface area (TPSA) is 59.5 Å². The quantitative estimate of drug-likeness (QED) is 0.774. The predicted molar refractivity (Wildman–Crippen MR) is 69.9 cm³/mol. The molecule has 0 atom stereocenters. The molecule has 5 nitrogen and oxygen atoms in total. The van der Waals surface area contributed by atoms with Crippen LogP contribution in [0.4, 0.5) is 0 Å². The number of carbonyl (C=O) groups excluding carboxylic acids is 2. The third-order valence-corrected chi connectivity index (χ3v) is 3.16. The number of hydrogen-bond donors (Lipinski definition) is 0. The largest absolute Gasteiger partial charge is 0.465 e. The molecule has 1 fully saturated rings. The predicted octanol–water partition coefficient (Wildman–Crippen LogP) is 1.90. The lowest BCUT2D eigenvalue weighted by molar-refractivity contribution is -0.144. The number of pyridine rings is 1. The van der Waals surface area contributed by atoms with E-state index in [9.17, 15) is 9.59 Å². The van der Waals surface area contributed by atoms with Crippen molar-refractivity contribution in [1.82, 2.24) is 9.88 Å². The van der Waals surface area contributed by atoms with E-state index in [1.165, 1.54) is 17.3 Å². The molecule has 102 valence electrons. The Labute approximate surface area is 116 Å². The Morgan fingerprint density at radius 1 is 1.53 bits per heavy atom. The standard InChI is InChI=1S/C13H15ClN2O3/c1-2-19-12(17)8-16(9-3-4-9)13(18)10-5-6-15-7-11(10)14/h5-7,9H,2-4,8H2,1H3. The van der Waals surface area contributed by atoms with Gasteiger partial charge in [0.1, 0.15) is 6.54 Å². The fourth-order valence-electron chi connectivity index (χ4n) is 1.80. The van der Waals surface area contributed by atoms with Gasteiger partial charge in [0.05, 0.1) is 17.2 Å². The summed E-state index contributed by atoms with van der Waals surface area (Å²) < 4.78 is 4.89. The van der Waals surface area contributed by atoms with Gasteiger partial charge in [0, 0.05) is 18.4 Å². The maximum absolute atomic E-state index is 12.4. The van der Waals surface area contributed by atoms with Crippen LogP contribution in [-0.2, 0) is 9.53 Å². The van der Waals surface area contributed by atoms with Crippen LogP contribution in [0.15, 0.2) is 18.5 Å². The SMILES string of the molecule is CCOC(=O)CN(C(=O)c1ccncc1Cl)C1CC1. The van der Waals surface area contributed by atoms with Gasteiger partial charge in [-0.3, -0.25) is 14.6 Å². The molecular weight excluding hydrogens is 268 g/mol. The highest BCUT2D eigenvalue weighted by Crippen LogP contribution is 2.29. The van der Waals surface area contributed by atoms with Crippen LogP contribution in [0.25, 0.3) is 0 Å². The molecule has 0 N–H and O–H groups in total. The summed E-state index contributed by atoms with van der Waals surface area (Å²) in [5, 5.41) is 0.294. The summed E-state index contributed by atoms with van der Waals surface area (Å²) in [5.41, 5.74) is 0.368. The van der Waals surface area contributed by atoms with Crippen molar-refractivity contribution in [2.24, 2.45) is 0 Å². The fraction of sp³-hybridized carbons (Fsp3) is 0.462. The first-order valence-electron chi connectivity index (χ1n) is 6.19. The van der Waals surface area contributed by atoms with Gasteiger partial charge >= 0.3 is 5.97 Å². The summed E-state index contributed by atoms with van der Waals surface area (Å²) in [6.45, 7) is 2.01. The summed E-state index contributed by atoms with van der Waals surface area (Å²) in [7, 11) is 0. The summed E-state index contributed by atoms with van der Waals surface area (Å²) in [6.07, 6.45) is 4.75. The maximum atomic E-state index is 12.4. The van der Waals surface area contributed by atoms with Crippen LogP contribution in [0.1, 0.15) is 30.1 Å².